The maximum Gasteiger partial charge on any atom is 0.325 e. The molecule has 0 unspecified atom stereocenters. The van der Waals surface area contributed by atoms with Gasteiger partial charge in [0.2, 0.25) is 0 Å². The van der Waals surface area contributed by atoms with Gasteiger partial charge in [-0.2, -0.15) is 0 Å². The van der Waals surface area contributed by atoms with Crippen LogP contribution >= 0.6 is 41.6 Å². The van der Waals surface area contributed by atoms with Crippen molar-refractivity contribution < 1.29 is 14.4 Å². The van der Waals surface area contributed by atoms with Gasteiger partial charge in [0.05, 0.1) is 4.88 Å². The smallest absolute Gasteiger partial charge is 0.324 e. The molecule has 0 radical (unpaired) electrons. The molecular formula is C16H17O3PS3. The zero-order valence-corrected chi connectivity index (χ0v) is 15.7. The summed E-state index contributed by atoms with van der Waals surface area (Å²) in [6.45, 7) is 0. The van der Waals surface area contributed by atoms with Crippen molar-refractivity contribution in [3.05, 3.63) is 46.0 Å². The molecule has 122 valence electrons. The number of unbranched alkanes of at least 4 members (excludes halogenated alkanes) is 1. The van der Waals surface area contributed by atoms with Gasteiger partial charge in [-0.3, -0.25) is 4.57 Å². The standard InChI is InChI=1S/C16H17O3PS3/c17-20(18,19)8-2-1-5-12-11-23-16(14-7-4-10-22-14)15(12)13-6-3-9-21-13/h3-4,6-7,9-11H,1-2,5,8H2,(H2,17,18,19). The molecule has 0 saturated carbocycles. The van der Waals surface area contributed by atoms with Gasteiger partial charge >= 0.3 is 7.60 Å². The first kappa shape index (κ1) is 17.1. The summed E-state index contributed by atoms with van der Waals surface area (Å²) >= 11 is 5.24. The van der Waals surface area contributed by atoms with E-state index in [1.165, 1.54) is 25.8 Å². The molecule has 3 aromatic heterocycles. The van der Waals surface area contributed by atoms with Crippen LogP contribution in [0.25, 0.3) is 20.2 Å². The van der Waals surface area contributed by atoms with Crippen LogP contribution in [0, 0.1) is 0 Å². The van der Waals surface area contributed by atoms with E-state index in [1.807, 2.05) is 0 Å². The van der Waals surface area contributed by atoms with Gasteiger partial charge in [0.15, 0.2) is 0 Å². The normalized spacial score (nSPS) is 11.9. The van der Waals surface area contributed by atoms with Crippen LogP contribution in [0.4, 0.5) is 0 Å². The molecule has 3 nitrogen and oxygen atoms in total. The number of hydrogen-bond donors (Lipinski definition) is 2. The zero-order chi connectivity index (χ0) is 16.3. The predicted molar refractivity (Wildman–Crippen MR) is 101 cm³/mol. The Kier molecular flexibility index (Phi) is 5.52. The van der Waals surface area contributed by atoms with Crippen LogP contribution in [0.15, 0.2) is 40.4 Å². The maximum absolute atomic E-state index is 11.0. The minimum absolute atomic E-state index is 0.0245. The first-order valence-corrected chi connectivity index (χ1v) is 11.7. The molecule has 0 amide bonds. The molecular weight excluding hydrogens is 367 g/mol. The first-order chi connectivity index (χ1) is 11.0. The highest BCUT2D eigenvalue weighted by molar-refractivity contribution is 7.51. The fraction of sp³-hybridized carbons (Fsp3) is 0.250. The second-order valence-electron chi connectivity index (χ2n) is 5.27. The summed E-state index contributed by atoms with van der Waals surface area (Å²) in [5, 5.41) is 6.37. The fourth-order valence-electron chi connectivity index (χ4n) is 2.49. The summed E-state index contributed by atoms with van der Waals surface area (Å²) in [6, 6.07) is 8.42. The van der Waals surface area contributed by atoms with Crippen molar-refractivity contribution >= 4 is 41.6 Å². The number of aryl methyl sites for hydroxylation is 1. The molecule has 2 N–H and O–H groups in total. The summed E-state index contributed by atoms with van der Waals surface area (Å²) in [4.78, 5) is 21.8. The molecule has 0 spiro atoms. The molecule has 0 aliphatic carbocycles. The van der Waals surface area contributed by atoms with Crippen LogP contribution in [-0.4, -0.2) is 15.9 Å². The van der Waals surface area contributed by atoms with Crippen LogP contribution in [0.1, 0.15) is 18.4 Å². The molecule has 3 aromatic rings. The average Bonchev–Trinajstić information content (AvgIpc) is 3.21. The van der Waals surface area contributed by atoms with Crippen molar-refractivity contribution in [3.63, 3.8) is 0 Å². The number of rotatable bonds is 7. The Morgan fingerprint density at radius 2 is 1.65 bits per heavy atom. The van der Waals surface area contributed by atoms with E-state index in [2.05, 4.69) is 40.4 Å². The molecule has 3 rings (SSSR count). The summed E-state index contributed by atoms with van der Waals surface area (Å²) in [5.41, 5.74) is 2.58. The Balaban J connectivity index is 1.82. The van der Waals surface area contributed by atoms with Gasteiger partial charge in [-0.15, -0.1) is 34.0 Å². The lowest BCUT2D eigenvalue weighted by Gasteiger charge is -2.06. The molecule has 0 saturated heterocycles. The highest BCUT2D eigenvalue weighted by Gasteiger charge is 2.17. The van der Waals surface area contributed by atoms with Crippen LogP contribution in [0.2, 0.25) is 0 Å². The second-order valence-corrected chi connectivity index (χ2v) is 9.82. The van der Waals surface area contributed by atoms with E-state index >= 15 is 0 Å². The molecule has 0 bridgehead atoms. The maximum atomic E-state index is 11.0. The first-order valence-electron chi connectivity index (χ1n) is 7.27. The van der Waals surface area contributed by atoms with E-state index in [0.29, 0.717) is 6.42 Å². The lowest BCUT2D eigenvalue weighted by molar-refractivity contribution is 0.371. The van der Waals surface area contributed by atoms with E-state index in [9.17, 15) is 4.57 Å². The van der Waals surface area contributed by atoms with Crippen molar-refractivity contribution in [3.8, 4) is 20.2 Å². The number of thiophene rings is 3. The summed E-state index contributed by atoms with van der Waals surface area (Å²) in [5.74, 6) is 0. The lowest BCUT2D eigenvalue weighted by atomic mass is 10.0. The van der Waals surface area contributed by atoms with Crippen molar-refractivity contribution in [2.24, 2.45) is 0 Å². The van der Waals surface area contributed by atoms with Gasteiger partial charge in [0.1, 0.15) is 0 Å². The van der Waals surface area contributed by atoms with E-state index in [0.717, 1.165) is 12.8 Å². The third-order valence-electron chi connectivity index (χ3n) is 3.53. The van der Waals surface area contributed by atoms with Crippen LogP contribution in [-0.2, 0) is 11.0 Å². The van der Waals surface area contributed by atoms with E-state index in [4.69, 9.17) is 9.79 Å². The van der Waals surface area contributed by atoms with Gasteiger partial charge < -0.3 is 9.79 Å². The molecule has 0 aromatic carbocycles. The summed E-state index contributed by atoms with van der Waals surface area (Å²) in [6.07, 6.45) is 2.18. The molecule has 0 fully saturated rings. The average molecular weight is 384 g/mol. The SMILES string of the molecule is O=P(O)(O)CCCCc1csc(-c2cccs2)c1-c1cccs1. The highest BCUT2D eigenvalue weighted by Crippen LogP contribution is 2.44. The molecule has 23 heavy (non-hydrogen) atoms. The molecule has 7 heteroatoms. The Hall–Kier alpha value is -0.750. The lowest BCUT2D eigenvalue weighted by Crippen LogP contribution is -1.91. The Labute approximate surface area is 147 Å². The van der Waals surface area contributed by atoms with Gasteiger partial charge in [-0.1, -0.05) is 12.1 Å². The Morgan fingerprint density at radius 1 is 0.957 bits per heavy atom. The van der Waals surface area contributed by atoms with Crippen LogP contribution in [0.5, 0.6) is 0 Å². The third kappa shape index (κ3) is 4.41. The van der Waals surface area contributed by atoms with Crippen molar-refractivity contribution in [2.45, 2.75) is 19.3 Å². The van der Waals surface area contributed by atoms with Crippen molar-refractivity contribution in [1.29, 1.82) is 0 Å². The van der Waals surface area contributed by atoms with Crippen LogP contribution in [0.3, 0.4) is 0 Å². The van der Waals surface area contributed by atoms with Gasteiger partial charge in [-0.05, 0) is 53.1 Å². The van der Waals surface area contributed by atoms with E-state index in [-0.39, 0.29) is 6.16 Å². The van der Waals surface area contributed by atoms with Crippen molar-refractivity contribution in [1.82, 2.24) is 0 Å². The fourth-order valence-corrected chi connectivity index (χ4v) is 6.00. The van der Waals surface area contributed by atoms with Gasteiger partial charge in [-0.25, -0.2) is 0 Å². The van der Waals surface area contributed by atoms with Gasteiger partial charge in [0.25, 0.3) is 0 Å². The van der Waals surface area contributed by atoms with E-state index in [1.54, 1.807) is 34.0 Å². The monoisotopic (exact) mass is 384 g/mol. The molecule has 0 aliphatic heterocycles. The Bertz CT molecular complexity index is 785. The highest BCUT2D eigenvalue weighted by atomic mass is 32.1. The van der Waals surface area contributed by atoms with Crippen molar-refractivity contribution in [2.75, 3.05) is 6.16 Å². The number of hydrogen-bond acceptors (Lipinski definition) is 4. The topological polar surface area (TPSA) is 57.5 Å². The van der Waals surface area contributed by atoms with Crippen LogP contribution < -0.4 is 0 Å². The largest absolute Gasteiger partial charge is 0.325 e. The minimum atomic E-state index is -3.87. The predicted octanol–water partition coefficient (Wildman–Crippen LogP) is 5.71. The summed E-state index contributed by atoms with van der Waals surface area (Å²) < 4.78 is 11.0. The summed E-state index contributed by atoms with van der Waals surface area (Å²) in [7, 11) is -3.87. The minimum Gasteiger partial charge on any atom is -0.324 e. The van der Waals surface area contributed by atoms with Gasteiger partial charge in [0, 0.05) is 21.5 Å². The zero-order valence-electron chi connectivity index (χ0n) is 12.3. The molecule has 0 atom stereocenters. The van der Waals surface area contributed by atoms with E-state index < -0.39 is 7.60 Å². The molecule has 3 heterocycles. The second kappa shape index (κ2) is 7.43. The Morgan fingerprint density at radius 3 is 2.26 bits per heavy atom. The third-order valence-corrected chi connectivity index (χ3v) is 7.39. The molecule has 0 aliphatic rings. The quantitative estimate of drug-likeness (QED) is 0.405.